The Morgan fingerprint density at radius 3 is 2.23 bits per heavy atom. The summed E-state index contributed by atoms with van der Waals surface area (Å²) < 4.78 is 30.4. The third-order valence-corrected chi connectivity index (χ3v) is 11.2. The number of carbonyl (C=O) groups is 2. The molecule has 0 aliphatic heterocycles. The van der Waals surface area contributed by atoms with Crippen LogP contribution in [0.2, 0.25) is 5.02 Å². The van der Waals surface area contributed by atoms with Crippen LogP contribution in [0, 0.1) is 13.8 Å². The van der Waals surface area contributed by atoms with Crippen LogP contribution < -0.4 is 9.62 Å². The van der Waals surface area contributed by atoms with Crippen molar-refractivity contribution in [3.63, 3.8) is 0 Å². The van der Waals surface area contributed by atoms with Gasteiger partial charge in [0.25, 0.3) is 10.0 Å². The maximum absolute atomic E-state index is 14.7. The van der Waals surface area contributed by atoms with Crippen molar-refractivity contribution in [1.29, 1.82) is 0 Å². The first kappa shape index (κ1) is 34.7. The van der Waals surface area contributed by atoms with E-state index in [9.17, 15) is 18.0 Å². The minimum absolute atomic E-state index is 0.0386. The normalized spacial score (nSPS) is 14.0. The van der Waals surface area contributed by atoms with Gasteiger partial charge in [0.15, 0.2) is 0 Å². The first-order valence-corrected chi connectivity index (χ1v) is 18.4. The molecule has 1 saturated carbocycles. The molecule has 0 spiro atoms. The van der Waals surface area contributed by atoms with Gasteiger partial charge in [0, 0.05) is 28.5 Å². The van der Waals surface area contributed by atoms with E-state index in [2.05, 4.69) is 21.2 Å². The molecule has 1 fully saturated rings. The highest BCUT2D eigenvalue weighted by atomic mass is 79.9. The molecule has 0 saturated heterocycles. The Hall–Kier alpha value is -3.66. The molecule has 2 amide bonds. The van der Waals surface area contributed by atoms with Gasteiger partial charge in [-0.25, -0.2) is 8.42 Å². The zero-order chi connectivity index (χ0) is 33.6. The highest BCUT2D eigenvalue weighted by Crippen LogP contribution is 2.29. The number of hydrogen-bond acceptors (Lipinski definition) is 4. The number of amides is 2. The maximum Gasteiger partial charge on any atom is 0.264 e. The maximum atomic E-state index is 14.7. The van der Waals surface area contributed by atoms with Gasteiger partial charge in [-0.05, 0) is 79.8 Å². The second kappa shape index (κ2) is 15.5. The number of rotatable bonds is 12. The highest BCUT2D eigenvalue weighted by Gasteiger charge is 2.35. The fourth-order valence-corrected chi connectivity index (χ4v) is 7.88. The lowest BCUT2D eigenvalue weighted by Gasteiger charge is -2.34. The first-order valence-electron chi connectivity index (χ1n) is 15.7. The van der Waals surface area contributed by atoms with E-state index in [-0.39, 0.29) is 35.5 Å². The summed E-state index contributed by atoms with van der Waals surface area (Å²) in [7, 11) is -4.21. The summed E-state index contributed by atoms with van der Waals surface area (Å²) >= 11 is 10.0. The SMILES string of the molecule is Cc1ccc(S(=O)(=O)N(CC(=O)N(Cc2cccc(Br)c2)C(Cc2ccccc2)C(=O)NC2CCCC2)c2ccc(C)c(Cl)c2)cc1. The second-order valence-electron chi connectivity index (χ2n) is 12.1. The lowest BCUT2D eigenvalue weighted by atomic mass is 10.0. The molecule has 10 heteroatoms. The molecular formula is C37H39BrClN3O4S. The van der Waals surface area contributed by atoms with E-state index in [0.29, 0.717) is 5.02 Å². The third kappa shape index (κ3) is 8.83. The van der Waals surface area contributed by atoms with Gasteiger partial charge in [-0.1, -0.05) is 107 Å². The third-order valence-electron chi connectivity index (χ3n) is 8.55. The van der Waals surface area contributed by atoms with Crippen LogP contribution in [0.5, 0.6) is 0 Å². The smallest absolute Gasteiger partial charge is 0.264 e. The number of sulfonamides is 1. The average Bonchev–Trinajstić information content (AvgIpc) is 3.56. The molecule has 246 valence electrons. The summed E-state index contributed by atoms with van der Waals surface area (Å²) in [5.41, 5.74) is 3.62. The lowest BCUT2D eigenvalue weighted by Crippen LogP contribution is -2.54. The van der Waals surface area contributed by atoms with Gasteiger partial charge in [0.05, 0.1) is 10.6 Å². The summed E-state index contributed by atoms with van der Waals surface area (Å²) in [6, 6.07) is 27.7. The molecule has 4 aromatic carbocycles. The first-order chi connectivity index (χ1) is 22.5. The second-order valence-corrected chi connectivity index (χ2v) is 15.3. The molecule has 0 radical (unpaired) electrons. The molecule has 0 aromatic heterocycles. The predicted octanol–water partition coefficient (Wildman–Crippen LogP) is 7.61. The van der Waals surface area contributed by atoms with Crippen LogP contribution in [0.25, 0.3) is 0 Å². The van der Waals surface area contributed by atoms with Crippen LogP contribution in [-0.2, 0) is 32.6 Å². The Kier molecular flexibility index (Phi) is 11.4. The number of aryl methyl sites for hydroxylation is 2. The molecular weight excluding hydrogens is 698 g/mol. The van der Waals surface area contributed by atoms with Crippen LogP contribution in [0.15, 0.2) is 106 Å². The Labute approximate surface area is 291 Å². The predicted molar refractivity (Wildman–Crippen MR) is 191 cm³/mol. The molecule has 7 nitrogen and oxygen atoms in total. The minimum Gasteiger partial charge on any atom is -0.352 e. The number of carbonyl (C=O) groups excluding carboxylic acids is 2. The number of nitrogens with zero attached hydrogens (tertiary/aromatic N) is 2. The molecule has 1 unspecified atom stereocenters. The van der Waals surface area contributed by atoms with Gasteiger partial charge in [0.2, 0.25) is 11.8 Å². The van der Waals surface area contributed by atoms with Crippen molar-refractivity contribution < 1.29 is 18.0 Å². The Balaban J connectivity index is 1.58. The van der Waals surface area contributed by atoms with E-state index in [1.807, 2.05) is 68.4 Å². The van der Waals surface area contributed by atoms with Crippen molar-refractivity contribution in [3.05, 3.63) is 129 Å². The summed E-state index contributed by atoms with van der Waals surface area (Å²) in [4.78, 5) is 30.4. The zero-order valence-electron chi connectivity index (χ0n) is 26.5. The van der Waals surface area contributed by atoms with E-state index in [1.54, 1.807) is 30.3 Å². The molecule has 5 rings (SSSR count). The topological polar surface area (TPSA) is 86.8 Å². The number of hydrogen-bond donors (Lipinski definition) is 1. The summed E-state index contributed by atoms with van der Waals surface area (Å²) in [5.74, 6) is -0.768. The molecule has 47 heavy (non-hydrogen) atoms. The van der Waals surface area contributed by atoms with E-state index in [0.717, 1.165) is 56.7 Å². The quantitative estimate of drug-likeness (QED) is 0.162. The monoisotopic (exact) mass is 735 g/mol. The van der Waals surface area contributed by atoms with Crippen molar-refractivity contribution in [2.45, 2.75) is 69.5 Å². The molecule has 0 heterocycles. The van der Waals surface area contributed by atoms with Crippen molar-refractivity contribution in [3.8, 4) is 0 Å². The van der Waals surface area contributed by atoms with Gasteiger partial charge in [0.1, 0.15) is 12.6 Å². The van der Waals surface area contributed by atoms with Crippen molar-refractivity contribution in [1.82, 2.24) is 10.2 Å². The molecule has 4 aromatic rings. The molecule has 1 N–H and O–H groups in total. The van der Waals surface area contributed by atoms with Crippen LogP contribution in [-0.4, -0.2) is 43.8 Å². The van der Waals surface area contributed by atoms with Crippen LogP contribution in [0.4, 0.5) is 5.69 Å². The van der Waals surface area contributed by atoms with Gasteiger partial charge in [-0.2, -0.15) is 0 Å². The van der Waals surface area contributed by atoms with E-state index < -0.39 is 28.5 Å². The van der Waals surface area contributed by atoms with Crippen molar-refractivity contribution in [2.24, 2.45) is 0 Å². The Morgan fingerprint density at radius 2 is 1.57 bits per heavy atom. The molecule has 1 atom stereocenters. The summed E-state index contributed by atoms with van der Waals surface area (Å²) in [5, 5.41) is 3.58. The van der Waals surface area contributed by atoms with E-state index in [4.69, 9.17) is 11.6 Å². The number of halogens is 2. The molecule has 0 bridgehead atoms. The Morgan fingerprint density at radius 1 is 0.894 bits per heavy atom. The van der Waals surface area contributed by atoms with Crippen molar-refractivity contribution in [2.75, 3.05) is 10.8 Å². The summed E-state index contributed by atoms with van der Waals surface area (Å²) in [6.07, 6.45) is 4.13. The molecule has 1 aliphatic rings. The standard InChI is InChI=1S/C37H39BrClN3O4S/c1-26-15-19-33(20-16-26)47(45,46)42(32-18-17-27(2)34(39)23-32)25-36(43)41(24-29-11-8-12-30(38)21-29)35(22-28-9-4-3-5-10-28)37(44)40-31-13-6-7-14-31/h3-5,8-12,15-21,23,31,35H,6-7,13-14,22,24-25H2,1-2H3,(H,40,44). The van der Waals surface area contributed by atoms with Crippen LogP contribution in [0.3, 0.4) is 0 Å². The highest BCUT2D eigenvalue weighted by molar-refractivity contribution is 9.10. The lowest BCUT2D eigenvalue weighted by molar-refractivity contribution is -0.140. The largest absolute Gasteiger partial charge is 0.352 e. The fraction of sp³-hybridized carbons (Fsp3) is 0.297. The van der Waals surface area contributed by atoms with Gasteiger partial charge < -0.3 is 10.2 Å². The van der Waals surface area contributed by atoms with Gasteiger partial charge in [-0.15, -0.1) is 0 Å². The van der Waals surface area contributed by atoms with E-state index >= 15 is 0 Å². The number of benzene rings is 4. The fourth-order valence-electron chi connectivity index (χ4n) is 5.86. The minimum atomic E-state index is -4.21. The number of anilines is 1. The van der Waals surface area contributed by atoms with Crippen LogP contribution >= 0.6 is 27.5 Å². The summed E-state index contributed by atoms with van der Waals surface area (Å²) in [6.45, 7) is 3.26. The van der Waals surface area contributed by atoms with Gasteiger partial charge >= 0.3 is 0 Å². The average molecular weight is 737 g/mol. The Bertz CT molecular complexity index is 1810. The van der Waals surface area contributed by atoms with E-state index in [1.165, 1.54) is 17.0 Å². The number of nitrogens with one attached hydrogen (secondary N) is 1. The zero-order valence-corrected chi connectivity index (χ0v) is 29.7. The van der Waals surface area contributed by atoms with Crippen molar-refractivity contribution >= 4 is 55.1 Å². The van der Waals surface area contributed by atoms with Gasteiger partial charge in [-0.3, -0.25) is 13.9 Å². The van der Waals surface area contributed by atoms with Crippen LogP contribution in [0.1, 0.15) is 47.9 Å². The molecule has 1 aliphatic carbocycles.